The molecule has 3 aromatic carbocycles. The smallest absolute Gasteiger partial charge is 0.319 e. The molecule has 10 heteroatoms. The summed E-state index contributed by atoms with van der Waals surface area (Å²) in [7, 11) is 0. The first-order valence-corrected chi connectivity index (χ1v) is 11.7. The molecule has 0 saturated carbocycles. The second kappa shape index (κ2) is 9.86. The minimum Gasteiger partial charge on any atom is -0.319 e. The summed E-state index contributed by atoms with van der Waals surface area (Å²) in [5, 5.41) is 15.9. The van der Waals surface area contributed by atoms with Crippen LogP contribution < -0.4 is 10.2 Å². The Kier molecular flexibility index (Phi) is 6.43. The highest BCUT2D eigenvalue weighted by Crippen LogP contribution is 2.32. The zero-order valence-electron chi connectivity index (χ0n) is 19.9. The number of amides is 2. The first-order chi connectivity index (χ1) is 18.2. The normalized spacial score (nSPS) is 13.1. The van der Waals surface area contributed by atoms with E-state index in [9.17, 15) is 22.8 Å². The number of nitrogens with zero attached hydrogens (tertiary/aromatic N) is 4. The maximum Gasteiger partial charge on any atom is 0.417 e. The number of aromatic nitrogens is 2. The van der Waals surface area contributed by atoms with Gasteiger partial charge in [0.25, 0.3) is 11.8 Å². The molecule has 7 nitrogen and oxygen atoms in total. The van der Waals surface area contributed by atoms with Gasteiger partial charge in [-0.2, -0.15) is 23.5 Å². The standard InChI is InChI=1S/C28H20F3N5O2/c29-28(30,31)23-11-8-20(15-21(23)16-32)26(37)34-24-17-33-36-13-12-35(27(38)25(24)36)22-9-6-19(7-10-22)14-18-4-2-1-3-5-18/h1-11,15,17H,12-14H2,(H,34,37). The molecule has 190 valence electrons. The summed E-state index contributed by atoms with van der Waals surface area (Å²) in [4.78, 5) is 27.8. The van der Waals surface area contributed by atoms with Crippen molar-refractivity contribution < 1.29 is 22.8 Å². The van der Waals surface area contributed by atoms with Gasteiger partial charge in [-0.25, -0.2) is 0 Å². The summed E-state index contributed by atoms with van der Waals surface area (Å²) in [6, 6.07) is 21.7. The molecular formula is C28H20F3N5O2. The molecule has 4 aromatic rings. The minimum absolute atomic E-state index is 0.129. The molecule has 0 bridgehead atoms. The number of alkyl halides is 3. The lowest BCUT2D eigenvalue weighted by Gasteiger charge is -2.28. The van der Waals surface area contributed by atoms with Crippen molar-refractivity contribution in [2.45, 2.75) is 19.1 Å². The fourth-order valence-corrected chi connectivity index (χ4v) is 4.39. The molecule has 2 amide bonds. The number of benzene rings is 3. The summed E-state index contributed by atoms with van der Waals surface area (Å²) in [6.45, 7) is 0.769. The van der Waals surface area contributed by atoms with Crippen LogP contribution in [0.5, 0.6) is 0 Å². The SMILES string of the molecule is N#Cc1cc(C(=O)Nc2cnn3c2C(=O)N(c2ccc(Cc4ccccc4)cc2)CC3)ccc1C(F)(F)F. The lowest BCUT2D eigenvalue weighted by molar-refractivity contribution is -0.137. The van der Waals surface area contributed by atoms with Crippen LogP contribution in [0.4, 0.5) is 24.5 Å². The number of carbonyl (C=O) groups excluding carboxylic acids is 2. The van der Waals surface area contributed by atoms with Crippen molar-refractivity contribution in [2.24, 2.45) is 0 Å². The van der Waals surface area contributed by atoms with E-state index in [1.165, 1.54) is 22.5 Å². The van der Waals surface area contributed by atoms with Crippen LogP contribution in [0.1, 0.15) is 43.1 Å². The van der Waals surface area contributed by atoms with E-state index in [1.807, 2.05) is 54.6 Å². The Balaban J connectivity index is 1.34. The van der Waals surface area contributed by atoms with Crippen LogP contribution in [0.25, 0.3) is 0 Å². The number of rotatable bonds is 5. The molecule has 38 heavy (non-hydrogen) atoms. The van der Waals surface area contributed by atoms with Gasteiger partial charge in [-0.1, -0.05) is 42.5 Å². The Labute approximate surface area is 215 Å². The molecule has 1 N–H and O–H groups in total. The Bertz CT molecular complexity index is 1550. The van der Waals surface area contributed by atoms with Crippen molar-refractivity contribution in [3.8, 4) is 6.07 Å². The van der Waals surface area contributed by atoms with E-state index in [2.05, 4.69) is 10.4 Å². The highest BCUT2D eigenvalue weighted by Gasteiger charge is 2.34. The fourth-order valence-electron chi connectivity index (χ4n) is 4.39. The van der Waals surface area contributed by atoms with Gasteiger partial charge in [0.15, 0.2) is 0 Å². The average Bonchev–Trinajstić information content (AvgIpc) is 3.32. The lowest BCUT2D eigenvalue weighted by Crippen LogP contribution is -2.41. The van der Waals surface area contributed by atoms with Gasteiger partial charge < -0.3 is 10.2 Å². The van der Waals surface area contributed by atoms with Crippen LogP contribution in [-0.4, -0.2) is 28.1 Å². The Morgan fingerprint density at radius 1 is 1.00 bits per heavy atom. The monoisotopic (exact) mass is 515 g/mol. The van der Waals surface area contributed by atoms with Gasteiger partial charge in [-0.3, -0.25) is 14.3 Å². The number of hydrogen-bond donors (Lipinski definition) is 1. The van der Waals surface area contributed by atoms with Crippen LogP contribution in [0.2, 0.25) is 0 Å². The first kappa shape index (κ1) is 24.8. The number of anilines is 2. The molecule has 0 spiro atoms. The van der Waals surface area contributed by atoms with E-state index in [0.717, 1.165) is 24.1 Å². The average molecular weight is 515 g/mol. The van der Waals surface area contributed by atoms with Crippen molar-refractivity contribution >= 4 is 23.2 Å². The van der Waals surface area contributed by atoms with Gasteiger partial charge in [-0.05, 0) is 47.9 Å². The molecule has 0 saturated heterocycles. The molecule has 1 aromatic heterocycles. The van der Waals surface area contributed by atoms with E-state index in [-0.39, 0.29) is 22.9 Å². The highest BCUT2D eigenvalue weighted by atomic mass is 19.4. The molecule has 1 aliphatic heterocycles. The quantitative estimate of drug-likeness (QED) is 0.392. The van der Waals surface area contributed by atoms with Crippen molar-refractivity contribution in [3.05, 3.63) is 113 Å². The van der Waals surface area contributed by atoms with Crippen molar-refractivity contribution in [1.82, 2.24) is 9.78 Å². The van der Waals surface area contributed by atoms with Crippen LogP contribution >= 0.6 is 0 Å². The lowest BCUT2D eigenvalue weighted by atomic mass is 10.0. The predicted octanol–water partition coefficient (Wildman–Crippen LogP) is 5.28. The van der Waals surface area contributed by atoms with Crippen molar-refractivity contribution in [3.63, 3.8) is 0 Å². The summed E-state index contributed by atoms with van der Waals surface area (Å²) >= 11 is 0. The molecule has 5 rings (SSSR count). The third-order valence-electron chi connectivity index (χ3n) is 6.28. The molecule has 1 aliphatic rings. The number of nitriles is 1. The number of carbonyl (C=O) groups is 2. The molecule has 0 unspecified atom stereocenters. The van der Waals surface area contributed by atoms with Crippen molar-refractivity contribution in [1.29, 1.82) is 5.26 Å². The zero-order chi connectivity index (χ0) is 26.9. The summed E-state index contributed by atoms with van der Waals surface area (Å²) in [6.07, 6.45) is -2.64. The van der Waals surface area contributed by atoms with Gasteiger partial charge in [0.1, 0.15) is 5.69 Å². The van der Waals surface area contributed by atoms with Gasteiger partial charge in [0, 0.05) is 17.8 Å². The topological polar surface area (TPSA) is 91.0 Å². The molecule has 0 radical (unpaired) electrons. The molecule has 0 fully saturated rings. The molecule has 0 aliphatic carbocycles. The van der Waals surface area contributed by atoms with E-state index in [4.69, 9.17) is 5.26 Å². The highest BCUT2D eigenvalue weighted by molar-refractivity contribution is 6.13. The summed E-state index contributed by atoms with van der Waals surface area (Å²) in [5.74, 6) is -1.13. The number of halogens is 3. The Hall–Kier alpha value is -4.91. The first-order valence-electron chi connectivity index (χ1n) is 11.7. The molecule has 0 atom stereocenters. The second-order valence-corrected chi connectivity index (χ2v) is 8.74. The zero-order valence-corrected chi connectivity index (χ0v) is 19.9. The maximum atomic E-state index is 13.4. The van der Waals surface area contributed by atoms with E-state index in [1.54, 1.807) is 4.90 Å². The summed E-state index contributed by atoms with van der Waals surface area (Å²) in [5.41, 5.74) is 1.31. The number of hydrogen-bond acceptors (Lipinski definition) is 4. The van der Waals surface area contributed by atoms with Gasteiger partial charge in [-0.15, -0.1) is 0 Å². The van der Waals surface area contributed by atoms with Gasteiger partial charge in [0.2, 0.25) is 0 Å². The third kappa shape index (κ3) is 4.86. The van der Waals surface area contributed by atoms with E-state index in [0.29, 0.717) is 24.8 Å². The second-order valence-electron chi connectivity index (χ2n) is 8.74. The van der Waals surface area contributed by atoms with E-state index < -0.39 is 23.2 Å². The number of nitrogens with one attached hydrogen (secondary N) is 1. The molecule has 2 heterocycles. The Morgan fingerprint density at radius 2 is 1.71 bits per heavy atom. The van der Waals surface area contributed by atoms with Crippen LogP contribution in [0.3, 0.4) is 0 Å². The minimum atomic E-state index is -4.72. The van der Waals surface area contributed by atoms with Crippen LogP contribution in [0, 0.1) is 11.3 Å². The van der Waals surface area contributed by atoms with E-state index >= 15 is 0 Å². The Morgan fingerprint density at radius 3 is 2.39 bits per heavy atom. The predicted molar refractivity (Wildman–Crippen MR) is 134 cm³/mol. The van der Waals surface area contributed by atoms with Crippen LogP contribution in [-0.2, 0) is 19.1 Å². The van der Waals surface area contributed by atoms with Gasteiger partial charge >= 0.3 is 6.18 Å². The maximum absolute atomic E-state index is 13.4. The van der Waals surface area contributed by atoms with Gasteiger partial charge in [0.05, 0.1) is 35.6 Å². The third-order valence-corrected chi connectivity index (χ3v) is 6.28. The fraction of sp³-hybridized carbons (Fsp3) is 0.143. The van der Waals surface area contributed by atoms with Crippen molar-refractivity contribution in [2.75, 3.05) is 16.8 Å². The largest absolute Gasteiger partial charge is 0.417 e. The summed E-state index contributed by atoms with van der Waals surface area (Å²) < 4.78 is 40.8. The number of fused-ring (bicyclic) bond motifs is 1. The van der Waals surface area contributed by atoms with Crippen LogP contribution in [0.15, 0.2) is 79.0 Å². The molecular weight excluding hydrogens is 495 g/mol.